The minimum absolute atomic E-state index is 3.30. The van der Waals surface area contributed by atoms with Crippen LogP contribution in [0.25, 0.3) is 0 Å². The van der Waals surface area contributed by atoms with E-state index in [-0.39, 0.29) is 0 Å². The summed E-state index contributed by atoms with van der Waals surface area (Å²) in [6.07, 6.45) is 0. The molecule has 0 N–H and O–H groups in total. The average molecular weight is 327 g/mol. The predicted molar refractivity (Wildman–Crippen MR) is 41.5 cm³/mol. The van der Waals surface area contributed by atoms with Crippen molar-refractivity contribution < 1.29 is 44.7 Å². The Kier molecular flexibility index (Phi) is 4.32. The Balaban J connectivity index is 5.89. The van der Waals surface area contributed by atoms with Crippen molar-refractivity contribution in [2.24, 2.45) is 0 Å². The highest BCUT2D eigenvalue weighted by atomic mass is 35.5. The summed E-state index contributed by atoms with van der Waals surface area (Å²) in [7, 11) is 0. The molecule has 0 bridgehead atoms. The van der Waals surface area contributed by atoms with Gasteiger partial charge in [0.2, 0.25) is 0 Å². The van der Waals surface area contributed by atoms with Crippen LogP contribution in [0.5, 0.6) is 0 Å². The van der Waals surface area contributed by atoms with E-state index in [2.05, 4.69) is 23.2 Å². The first-order valence-corrected chi connectivity index (χ1v) is 4.30. The summed E-state index contributed by atoms with van der Waals surface area (Å²) >= 11 is 7.85. The van der Waals surface area contributed by atoms with Gasteiger partial charge in [0.25, 0.3) is 10.5 Å². The van der Waals surface area contributed by atoms with E-state index in [1.807, 2.05) is 0 Å². The van der Waals surface area contributed by atoms with Gasteiger partial charge in [0.1, 0.15) is 0 Å². The van der Waals surface area contributed by atoms with E-state index >= 15 is 0 Å². The maximum Gasteiger partial charge on any atom is 0.388 e. The standard InChI is InChI=1S/C6Cl2F8O2/c7-1(17)3(9,10)5(13,14)6(15,16)4(11,12)2(8)18. The Morgan fingerprint density at radius 3 is 0.889 bits per heavy atom. The van der Waals surface area contributed by atoms with Gasteiger partial charge in [-0.2, -0.15) is 35.1 Å². The third-order valence-electron chi connectivity index (χ3n) is 1.68. The molecule has 2 nitrogen and oxygen atoms in total. The molecule has 0 heterocycles. The van der Waals surface area contributed by atoms with E-state index in [4.69, 9.17) is 0 Å². The number of halogens is 10. The molecule has 18 heavy (non-hydrogen) atoms. The quantitative estimate of drug-likeness (QED) is 0.575. The van der Waals surface area contributed by atoms with Gasteiger partial charge < -0.3 is 0 Å². The molecule has 0 aliphatic rings. The van der Waals surface area contributed by atoms with Crippen LogP contribution in [-0.2, 0) is 9.59 Å². The topological polar surface area (TPSA) is 34.1 Å². The molecule has 0 atom stereocenters. The molecule has 0 saturated heterocycles. The Hall–Kier alpha value is -0.640. The second-order valence-corrected chi connectivity index (χ2v) is 3.53. The van der Waals surface area contributed by atoms with Crippen LogP contribution in [0.2, 0.25) is 0 Å². The minimum atomic E-state index is -6.92. The number of alkyl halides is 8. The molecule has 0 spiro atoms. The average Bonchev–Trinajstić information content (AvgIpc) is 2.15. The van der Waals surface area contributed by atoms with Gasteiger partial charge in [-0.3, -0.25) is 9.59 Å². The fourth-order valence-corrected chi connectivity index (χ4v) is 0.879. The molecule has 0 saturated carbocycles. The highest BCUT2D eigenvalue weighted by Crippen LogP contribution is 2.53. The Morgan fingerprint density at radius 2 is 0.778 bits per heavy atom. The van der Waals surface area contributed by atoms with Gasteiger partial charge in [-0.05, 0) is 23.2 Å². The van der Waals surface area contributed by atoms with Gasteiger partial charge in [0.05, 0.1) is 0 Å². The maximum absolute atomic E-state index is 12.6. The van der Waals surface area contributed by atoms with Gasteiger partial charge in [0.15, 0.2) is 0 Å². The highest BCUT2D eigenvalue weighted by Gasteiger charge is 2.84. The Bertz CT molecular complexity index is 344. The van der Waals surface area contributed by atoms with E-state index < -0.39 is 34.2 Å². The summed E-state index contributed by atoms with van der Waals surface area (Å²) < 4.78 is 100. The summed E-state index contributed by atoms with van der Waals surface area (Å²) in [6.45, 7) is 0. The zero-order chi connectivity index (χ0) is 15.2. The van der Waals surface area contributed by atoms with Crippen molar-refractivity contribution in [3.05, 3.63) is 0 Å². The molecule has 0 unspecified atom stereocenters. The summed E-state index contributed by atoms with van der Waals surface area (Å²) in [5.74, 6) is -26.5. The monoisotopic (exact) mass is 326 g/mol. The smallest absolute Gasteiger partial charge is 0.274 e. The van der Waals surface area contributed by atoms with Crippen LogP contribution in [0.1, 0.15) is 0 Å². The molecule has 0 aromatic rings. The van der Waals surface area contributed by atoms with Crippen LogP contribution in [-0.4, -0.2) is 34.2 Å². The summed E-state index contributed by atoms with van der Waals surface area (Å²) in [6, 6.07) is 0. The lowest BCUT2D eigenvalue weighted by molar-refractivity contribution is -0.343. The largest absolute Gasteiger partial charge is 0.388 e. The Morgan fingerprint density at radius 1 is 0.611 bits per heavy atom. The third kappa shape index (κ3) is 2.15. The molecule has 12 heteroatoms. The molecule has 0 aromatic heterocycles. The van der Waals surface area contributed by atoms with Crippen molar-refractivity contribution in [3.8, 4) is 0 Å². The zero-order valence-corrected chi connectivity index (χ0v) is 9.11. The van der Waals surface area contributed by atoms with Crippen LogP contribution < -0.4 is 0 Å². The van der Waals surface area contributed by atoms with Gasteiger partial charge in [0, 0.05) is 0 Å². The fourth-order valence-electron chi connectivity index (χ4n) is 0.641. The van der Waals surface area contributed by atoms with Crippen LogP contribution >= 0.6 is 23.2 Å². The van der Waals surface area contributed by atoms with Gasteiger partial charge >= 0.3 is 23.7 Å². The number of carbonyl (C=O) groups is 2. The SMILES string of the molecule is O=C(Cl)C(F)(F)C(F)(F)C(F)(F)C(F)(F)C(=O)Cl. The molecule has 0 fully saturated rings. The summed E-state index contributed by atoms with van der Waals surface area (Å²) in [4.78, 5) is 19.8. The van der Waals surface area contributed by atoms with Crippen LogP contribution in [0.4, 0.5) is 35.1 Å². The van der Waals surface area contributed by atoms with E-state index in [0.717, 1.165) is 0 Å². The molecule has 0 aliphatic carbocycles. The lowest BCUT2D eigenvalue weighted by Crippen LogP contribution is -2.65. The maximum atomic E-state index is 12.6. The number of hydrogen-bond donors (Lipinski definition) is 0. The summed E-state index contributed by atoms with van der Waals surface area (Å²) in [5, 5.41) is -6.60. The van der Waals surface area contributed by atoms with Crippen LogP contribution in [0.15, 0.2) is 0 Å². The van der Waals surface area contributed by atoms with Crippen LogP contribution in [0, 0.1) is 0 Å². The number of carbonyl (C=O) groups excluding carboxylic acids is 2. The number of hydrogen-bond acceptors (Lipinski definition) is 2. The first-order chi connectivity index (χ1) is 7.64. The fraction of sp³-hybridized carbons (Fsp3) is 0.667. The molecule has 0 radical (unpaired) electrons. The molecule has 0 aliphatic heterocycles. The third-order valence-corrected chi connectivity index (χ3v) is 2.15. The van der Waals surface area contributed by atoms with E-state index in [9.17, 15) is 44.7 Å². The zero-order valence-electron chi connectivity index (χ0n) is 7.60. The van der Waals surface area contributed by atoms with Crippen molar-refractivity contribution >= 4 is 33.7 Å². The van der Waals surface area contributed by atoms with E-state index in [0.29, 0.717) is 0 Å². The van der Waals surface area contributed by atoms with Crippen molar-refractivity contribution in [1.29, 1.82) is 0 Å². The summed E-state index contributed by atoms with van der Waals surface area (Å²) in [5.41, 5.74) is 0. The van der Waals surface area contributed by atoms with Crippen molar-refractivity contribution in [2.45, 2.75) is 23.7 Å². The van der Waals surface area contributed by atoms with Gasteiger partial charge in [-0.25, -0.2) is 0 Å². The first-order valence-electron chi connectivity index (χ1n) is 3.55. The normalized spacial score (nSPS) is 14.6. The number of rotatable bonds is 5. The molecule has 0 rings (SSSR count). The lowest BCUT2D eigenvalue weighted by Gasteiger charge is -2.33. The Labute approximate surface area is 103 Å². The molecule has 0 aromatic carbocycles. The predicted octanol–water partition coefficient (Wildman–Crippen LogP) is 3.06. The lowest BCUT2D eigenvalue weighted by atomic mass is 10.00. The minimum Gasteiger partial charge on any atom is -0.274 e. The highest BCUT2D eigenvalue weighted by molar-refractivity contribution is 6.66. The van der Waals surface area contributed by atoms with Crippen molar-refractivity contribution in [3.63, 3.8) is 0 Å². The van der Waals surface area contributed by atoms with Crippen LogP contribution in [0.3, 0.4) is 0 Å². The van der Waals surface area contributed by atoms with E-state index in [1.165, 1.54) is 0 Å². The molecular formula is C6Cl2F8O2. The van der Waals surface area contributed by atoms with Gasteiger partial charge in [-0.15, -0.1) is 0 Å². The van der Waals surface area contributed by atoms with Gasteiger partial charge in [-0.1, -0.05) is 0 Å². The van der Waals surface area contributed by atoms with Crippen molar-refractivity contribution in [2.75, 3.05) is 0 Å². The molecular weight excluding hydrogens is 327 g/mol. The van der Waals surface area contributed by atoms with Crippen molar-refractivity contribution in [1.82, 2.24) is 0 Å². The second kappa shape index (κ2) is 4.48. The van der Waals surface area contributed by atoms with E-state index in [1.54, 1.807) is 0 Å². The first kappa shape index (κ1) is 17.4. The second-order valence-electron chi connectivity index (χ2n) is 2.84. The molecule has 106 valence electrons. The molecule has 0 amide bonds.